The molecule has 2 aliphatic heterocycles. The Morgan fingerprint density at radius 2 is 2.00 bits per heavy atom. The first-order valence-corrected chi connectivity index (χ1v) is 10.9. The number of aromatic nitrogens is 4. The lowest BCUT2D eigenvalue weighted by atomic mass is 10.1. The van der Waals surface area contributed by atoms with E-state index < -0.39 is 5.82 Å². The summed E-state index contributed by atoms with van der Waals surface area (Å²) >= 11 is 0. The first kappa shape index (κ1) is 21.8. The van der Waals surface area contributed by atoms with Gasteiger partial charge in [-0.3, -0.25) is 4.79 Å². The molecule has 12 heteroatoms. The molecular weight excluding hydrogens is 443 g/mol. The van der Waals surface area contributed by atoms with Crippen LogP contribution in [0.1, 0.15) is 19.8 Å². The number of carbonyl (C=O) groups excluding carboxylic acids is 1. The van der Waals surface area contributed by atoms with Crippen molar-refractivity contribution in [3.8, 4) is 5.75 Å². The normalized spacial score (nSPS) is 17.8. The molecule has 11 nitrogen and oxygen atoms in total. The standard InChI is InChI=1S/C22H23FN8O3/c1-12(15-3-2-8-33-15)26-17-6-4-13(9-24-17)27-22-25-10-14(23)20(31-22)28-18-7-5-16-21(29-18)30-19(32)11-34-16/h4-7,9-10,12,15H,2-3,8,11H2,1H3,(H,24,26)(H3,25,27,28,29,30,31,32). The molecule has 0 aromatic carbocycles. The number of nitrogens with one attached hydrogen (secondary N) is 4. The van der Waals surface area contributed by atoms with Crippen molar-refractivity contribution in [2.45, 2.75) is 31.9 Å². The number of halogens is 1. The molecule has 34 heavy (non-hydrogen) atoms. The van der Waals surface area contributed by atoms with Crippen LogP contribution in [0.2, 0.25) is 0 Å². The van der Waals surface area contributed by atoms with E-state index in [4.69, 9.17) is 9.47 Å². The van der Waals surface area contributed by atoms with Crippen molar-refractivity contribution in [2.24, 2.45) is 0 Å². The summed E-state index contributed by atoms with van der Waals surface area (Å²) < 4.78 is 25.3. The average molecular weight is 466 g/mol. The lowest BCUT2D eigenvalue weighted by Gasteiger charge is -2.20. The summed E-state index contributed by atoms with van der Waals surface area (Å²) in [6, 6.07) is 7.04. The smallest absolute Gasteiger partial charge is 0.263 e. The molecule has 0 bridgehead atoms. The third kappa shape index (κ3) is 4.96. The highest BCUT2D eigenvalue weighted by atomic mass is 19.1. The van der Waals surface area contributed by atoms with Crippen LogP contribution in [0.3, 0.4) is 0 Å². The summed E-state index contributed by atoms with van der Waals surface area (Å²) in [4.78, 5) is 28.3. The molecule has 0 radical (unpaired) electrons. The van der Waals surface area contributed by atoms with Crippen molar-refractivity contribution in [1.29, 1.82) is 0 Å². The van der Waals surface area contributed by atoms with Crippen LogP contribution >= 0.6 is 0 Å². The molecule has 1 fully saturated rings. The number of fused-ring (bicyclic) bond motifs is 1. The van der Waals surface area contributed by atoms with Gasteiger partial charge in [-0.25, -0.2) is 19.3 Å². The molecule has 176 valence electrons. The van der Waals surface area contributed by atoms with Crippen LogP contribution in [0.5, 0.6) is 5.75 Å². The van der Waals surface area contributed by atoms with Gasteiger partial charge in [-0.1, -0.05) is 0 Å². The Morgan fingerprint density at radius 1 is 1.12 bits per heavy atom. The number of hydrogen-bond donors (Lipinski definition) is 4. The second kappa shape index (κ2) is 9.43. The summed E-state index contributed by atoms with van der Waals surface area (Å²) in [7, 11) is 0. The number of nitrogens with zero attached hydrogens (tertiary/aromatic N) is 4. The van der Waals surface area contributed by atoms with Crippen molar-refractivity contribution in [3.63, 3.8) is 0 Å². The molecule has 1 saturated heterocycles. The molecule has 2 unspecified atom stereocenters. The van der Waals surface area contributed by atoms with E-state index in [-0.39, 0.29) is 48.1 Å². The summed E-state index contributed by atoms with van der Waals surface area (Å²) in [6.45, 7) is 2.80. The molecule has 1 amide bonds. The van der Waals surface area contributed by atoms with Gasteiger partial charge in [-0.2, -0.15) is 4.98 Å². The first-order valence-electron chi connectivity index (χ1n) is 10.9. The Balaban J connectivity index is 1.25. The predicted octanol–water partition coefficient (Wildman–Crippen LogP) is 3.20. The van der Waals surface area contributed by atoms with Crippen LogP contribution in [0.25, 0.3) is 0 Å². The number of ether oxygens (including phenoxy) is 2. The van der Waals surface area contributed by atoms with Gasteiger partial charge in [0.1, 0.15) is 11.6 Å². The molecule has 0 aliphatic carbocycles. The highest BCUT2D eigenvalue weighted by Crippen LogP contribution is 2.28. The summed E-state index contributed by atoms with van der Waals surface area (Å²) in [6.07, 6.45) is 4.99. The summed E-state index contributed by atoms with van der Waals surface area (Å²) in [5.74, 6) is 0.822. The van der Waals surface area contributed by atoms with Crippen molar-refractivity contribution in [3.05, 3.63) is 42.5 Å². The van der Waals surface area contributed by atoms with Gasteiger partial charge in [0.25, 0.3) is 5.91 Å². The average Bonchev–Trinajstić information content (AvgIpc) is 3.38. The van der Waals surface area contributed by atoms with Crippen LogP contribution in [0, 0.1) is 5.82 Å². The number of rotatable bonds is 7. The van der Waals surface area contributed by atoms with Gasteiger partial charge in [0.05, 0.1) is 30.2 Å². The quantitative estimate of drug-likeness (QED) is 0.411. The second-order valence-corrected chi connectivity index (χ2v) is 7.94. The zero-order valence-corrected chi connectivity index (χ0v) is 18.3. The number of pyridine rings is 2. The molecule has 3 aromatic heterocycles. The molecule has 3 aromatic rings. The van der Waals surface area contributed by atoms with E-state index in [1.54, 1.807) is 18.3 Å². The van der Waals surface area contributed by atoms with E-state index in [2.05, 4.69) is 48.1 Å². The van der Waals surface area contributed by atoms with Crippen LogP contribution in [-0.2, 0) is 9.53 Å². The Hall–Kier alpha value is -4.06. The third-order valence-corrected chi connectivity index (χ3v) is 5.38. The SMILES string of the molecule is CC(Nc1ccc(Nc2ncc(F)c(Nc3ccc4c(n3)NC(=O)CO4)n2)cn1)C1CCCO1. The van der Waals surface area contributed by atoms with Gasteiger partial charge in [0, 0.05) is 6.61 Å². The summed E-state index contributed by atoms with van der Waals surface area (Å²) in [5.41, 5.74) is 0.639. The highest BCUT2D eigenvalue weighted by Gasteiger charge is 2.22. The molecule has 2 atom stereocenters. The number of amides is 1. The monoisotopic (exact) mass is 466 g/mol. The van der Waals surface area contributed by atoms with Crippen molar-refractivity contribution >= 4 is 40.8 Å². The molecule has 0 spiro atoms. The third-order valence-electron chi connectivity index (χ3n) is 5.38. The van der Waals surface area contributed by atoms with E-state index in [0.29, 0.717) is 11.4 Å². The maximum atomic E-state index is 14.3. The maximum absolute atomic E-state index is 14.3. The van der Waals surface area contributed by atoms with Crippen molar-refractivity contribution in [1.82, 2.24) is 19.9 Å². The number of carbonyl (C=O) groups is 1. The van der Waals surface area contributed by atoms with Crippen LogP contribution in [0.4, 0.5) is 39.3 Å². The Bertz CT molecular complexity index is 1190. The minimum Gasteiger partial charge on any atom is -0.480 e. The minimum absolute atomic E-state index is 0.0725. The van der Waals surface area contributed by atoms with E-state index in [1.807, 2.05) is 12.1 Å². The van der Waals surface area contributed by atoms with Gasteiger partial charge in [-0.15, -0.1) is 0 Å². The van der Waals surface area contributed by atoms with E-state index in [0.717, 1.165) is 31.5 Å². The Labute approximate surface area is 194 Å². The fourth-order valence-electron chi connectivity index (χ4n) is 3.68. The van der Waals surface area contributed by atoms with Gasteiger partial charge >= 0.3 is 0 Å². The van der Waals surface area contributed by atoms with Gasteiger partial charge in [0.2, 0.25) is 5.95 Å². The highest BCUT2D eigenvalue weighted by molar-refractivity contribution is 5.94. The van der Waals surface area contributed by atoms with E-state index in [9.17, 15) is 9.18 Å². The van der Waals surface area contributed by atoms with Crippen LogP contribution in [0.15, 0.2) is 36.7 Å². The van der Waals surface area contributed by atoms with E-state index in [1.165, 1.54) is 0 Å². The second-order valence-electron chi connectivity index (χ2n) is 7.94. The Kier molecular flexibility index (Phi) is 6.04. The molecule has 4 N–H and O–H groups in total. The van der Waals surface area contributed by atoms with Crippen LogP contribution in [-0.4, -0.2) is 51.2 Å². The number of anilines is 6. The molecule has 2 aliphatic rings. The van der Waals surface area contributed by atoms with Crippen molar-refractivity contribution in [2.75, 3.05) is 34.5 Å². The molecule has 0 saturated carbocycles. The zero-order chi connectivity index (χ0) is 23.5. The molecule has 5 heterocycles. The molecular formula is C22H23FN8O3. The van der Waals surface area contributed by atoms with Gasteiger partial charge < -0.3 is 30.7 Å². The lowest BCUT2D eigenvalue weighted by Crippen LogP contribution is -2.30. The largest absolute Gasteiger partial charge is 0.480 e. The van der Waals surface area contributed by atoms with Gasteiger partial charge in [-0.05, 0) is 44.0 Å². The Morgan fingerprint density at radius 3 is 2.79 bits per heavy atom. The topological polar surface area (TPSA) is 135 Å². The van der Waals surface area contributed by atoms with E-state index >= 15 is 0 Å². The summed E-state index contributed by atoms with van der Waals surface area (Å²) in [5, 5.41) is 11.8. The van der Waals surface area contributed by atoms with Crippen LogP contribution < -0.4 is 26.0 Å². The fourth-order valence-corrected chi connectivity index (χ4v) is 3.68. The minimum atomic E-state index is -0.661. The maximum Gasteiger partial charge on any atom is 0.263 e. The predicted molar refractivity (Wildman–Crippen MR) is 123 cm³/mol. The zero-order valence-electron chi connectivity index (χ0n) is 18.3. The lowest BCUT2D eigenvalue weighted by molar-refractivity contribution is -0.118. The van der Waals surface area contributed by atoms with Gasteiger partial charge in [0.15, 0.2) is 29.8 Å². The van der Waals surface area contributed by atoms with Crippen molar-refractivity contribution < 1.29 is 18.7 Å². The number of hydrogen-bond acceptors (Lipinski definition) is 10. The first-order chi connectivity index (χ1) is 16.5. The fraction of sp³-hybridized carbons (Fsp3) is 0.318. The molecule has 5 rings (SSSR count).